The molecular weight excluding hydrogens is 300 g/mol. The number of nitro benzene ring substituents is 1. The predicted octanol–water partition coefficient (Wildman–Crippen LogP) is 0.584. The van der Waals surface area contributed by atoms with Crippen LogP contribution in [0.2, 0.25) is 0 Å². The van der Waals surface area contributed by atoms with Gasteiger partial charge in [-0.25, -0.2) is 13.1 Å². The molecule has 10 heteroatoms. The number of methoxy groups -OCH3 is 1. The molecule has 0 amide bonds. The van der Waals surface area contributed by atoms with E-state index in [2.05, 4.69) is 10.1 Å². The van der Waals surface area contributed by atoms with Gasteiger partial charge in [-0.1, -0.05) is 6.07 Å². The molecule has 0 aliphatic heterocycles. The third-order valence-corrected chi connectivity index (χ3v) is 4.36. The predicted molar refractivity (Wildman–Crippen MR) is 77.2 cm³/mol. The van der Waals surface area contributed by atoms with Gasteiger partial charge in [0.2, 0.25) is 10.0 Å². The summed E-state index contributed by atoms with van der Waals surface area (Å²) in [4.78, 5) is 9.88. The summed E-state index contributed by atoms with van der Waals surface area (Å²) < 4.78 is 31.8. The van der Waals surface area contributed by atoms with Crippen LogP contribution in [-0.2, 0) is 14.8 Å². The van der Waals surface area contributed by atoms with Crippen LogP contribution in [-0.4, -0.2) is 33.1 Å². The number of nitrogens with two attached hydrogens (primary N) is 1. The molecular formula is C11H18N4O5S. The van der Waals surface area contributed by atoms with Gasteiger partial charge in [0.25, 0.3) is 0 Å². The molecule has 1 rings (SSSR count). The highest BCUT2D eigenvalue weighted by Crippen LogP contribution is 2.31. The number of benzene rings is 1. The lowest BCUT2D eigenvalue weighted by Crippen LogP contribution is -2.33. The molecule has 0 heterocycles. The van der Waals surface area contributed by atoms with E-state index in [9.17, 15) is 18.5 Å². The van der Waals surface area contributed by atoms with Crippen LogP contribution in [0, 0.1) is 10.1 Å². The summed E-state index contributed by atoms with van der Waals surface area (Å²) in [6, 6.07) is 3.43. The van der Waals surface area contributed by atoms with Gasteiger partial charge in [-0.15, -0.1) is 0 Å². The van der Waals surface area contributed by atoms with Crippen molar-refractivity contribution in [2.24, 2.45) is 5.84 Å². The Morgan fingerprint density at radius 1 is 1.48 bits per heavy atom. The first-order chi connectivity index (χ1) is 9.83. The topological polar surface area (TPSA) is 137 Å². The zero-order valence-electron chi connectivity index (χ0n) is 11.7. The first-order valence-electron chi connectivity index (χ1n) is 6.08. The molecule has 0 aliphatic rings. The van der Waals surface area contributed by atoms with E-state index in [-0.39, 0.29) is 5.69 Å². The quantitative estimate of drug-likeness (QED) is 0.362. The molecule has 0 saturated heterocycles. The smallest absolute Gasteiger partial charge is 0.313 e. The van der Waals surface area contributed by atoms with Gasteiger partial charge < -0.3 is 10.2 Å². The highest BCUT2D eigenvalue weighted by molar-refractivity contribution is 7.89. The fraction of sp³-hybridized carbons (Fsp3) is 0.455. The number of sulfonamides is 1. The first kappa shape index (κ1) is 17.3. The lowest BCUT2D eigenvalue weighted by Gasteiger charge is -2.14. The Labute approximate surface area is 122 Å². The number of nitrogen functional groups attached to an aromatic ring is 1. The zero-order chi connectivity index (χ0) is 16.0. The van der Waals surface area contributed by atoms with Crippen LogP contribution in [0.4, 0.5) is 11.4 Å². The van der Waals surface area contributed by atoms with Crippen molar-refractivity contribution >= 4 is 21.4 Å². The van der Waals surface area contributed by atoms with E-state index in [1.807, 2.05) is 0 Å². The summed E-state index contributed by atoms with van der Waals surface area (Å²) in [5, 5.41) is 11.1. The average Bonchev–Trinajstić information content (AvgIpc) is 2.43. The SMILES string of the molecule is COCCC(C)NS(=O)(=O)c1cccc(NN)c1[N+](=O)[O-]. The molecule has 0 radical (unpaired) electrons. The van der Waals surface area contributed by atoms with Crippen LogP contribution in [0.1, 0.15) is 13.3 Å². The lowest BCUT2D eigenvalue weighted by molar-refractivity contribution is -0.386. The Morgan fingerprint density at radius 2 is 2.14 bits per heavy atom. The van der Waals surface area contributed by atoms with Gasteiger partial charge in [0.1, 0.15) is 5.69 Å². The normalized spacial score (nSPS) is 12.9. The number of hydrazine groups is 1. The van der Waals surface area contributed by atoms with Crippen molar-refractivity contribution in [1.29, 1.82) is 0 Å². The van der Waals surface area contributed by atoms with Crippen molar-refractivity contribution in [1.82, 2.24) is 4.72 Å². The molecule has 0 bridgehead atoms. The molecule has 1 aromatic rings. The molecule has 118 valence electrons. The summed E-state index contributed by atoms with van der Waals surface area (Å²) in [6.45, 7) is 2.02. The van der Waals surface area contributed by atoms with Crippen LogP contribution in [0.5, 0.6) is 0 Å². The Kier molecular flexibility index (Phi) is 6.03. The van der Waals surface area contributed by atoms with E-state index in [1.165, 1.54) is 19.2 Å². The van der Waals surface area contributed by atoms with Crippen molar-refractivity contribution in [3.63, 3.8) is 0 Å². The van der Waals surface area contributed by atoms with Gasteiger partial charge in [-0.05, 0) is 25.5 Å². The van der Waals surface area contributed by atoms with Gasteiger partial charge in [0.05, 0.1) is 4.92 Å². The maximum atomic E-state index is 12.3. The summed E-state index contributed by atoms with van der Waals surface area (Å²) >= 11 is 0. The fourth-order valence-corrected chi connectivity index (χ4v) is 3.20. The summed E-state index contributed by atoms with van der Waals surface area (Å²) in [5.74, 6) is 5.18. The molecule has 0 spiro atoms. The van der Waals surface area contributed by atoms with Crippen LogP contribution < -0.4 is 16.0 Å². The van der Waals surface area contributed by atoms with E-state index in [4.69, 9.17) is 10.6 Å². The second-order valence-corrected chi connectivity index (χ2v) is 6.04. The third kappa shape index (κ3) is 4.36. The number of para-hydroxylation sites is 1. The third-order valence-electron chi connectivity index (χ3n) is 2.74. The van der Waals surface area contributed by atoms with Gasteiger partial charge in [-0.3, -0.25) is 16.0 Å². The maximum Gasteiger partial charge on any atom is 0.313 e. The van der Waals surface area contributed by atoms with Crippen LogP contribution in [0.3, 0.4) is 0 Å². The molecule has 1 aromatic carbocycles. The van der Waals surface area contributed by atoms with Crippen LogP contribution in [0.15, 0.2) is 23.1 Å². The highest BCUT2D eigenvalue weighted by atomic mass is 32.2. The van der Waals surface area contributed by atoms with Gasteiger partial charge in [0, 0.05) is 19.8 Å². The average molecular weight is 318 g/mol. The summed E-state index contributed by atoms with van der Waals surface area (Å²) in [6.07, 6.45) is 0.443. The molecule has 21 heavy (non-hydrogen) atoms. The molecule has 0 aromatic heterocycles. The molecule has 9 nitrogen and oxygen atoms in total. The Balaban J connectivity index is 3.17. The number of nitrogens with zero attached hydrogens (tertiary/aromatic N) is 1. The van der Waals surface area contributed by atoms with Crippen molar-refractivity contribution < 1.29 is 18.1 Å². The Morgan fingerprint density at radius 3 is 2.67 bits per heavy atom. The molecule has 1 atom stereocenters. The Bertz CT molecular complexity index is 605. The fourth-order valence-electron chi connectivity index (χ4n) is 1.73. The van der Waals surface area contributed by atoms with Crippen LogP contribution in [0.25, 0.3) is 0 Å². The van der Waals surface area contributed by atoms with Gasteiger partial charge in [-0.2, -0.15) is 0 Å². The minimum atomic E-state index is -4.04. The van der Waals surface area contributed by atoms with Crippen LogP contribution >= 0.6 is 0 Å². The number of ether oxygens (including phenoxy) is 1. The van der Waals surface area contributed by atoms with Crippen molar-refractivity contribution in [2.45, 2.75) is 24.3 Å². The number of rotatable bonds is 8. The highest BCUT2D eigenvalue weighted by Gasteiger charge is 2.29. The second kappa shape index (κ2) is 7.31. The maximum absolute atomic E-state index is 12.3. The number of nitro groups is 1. The van der Waals surface area contributed by atoms with E-state index in [0.29, 0.717) is 13.0 Å². The van der Waals surface area contributed by atoms with Gasteiger partial charge >= 0.3 is 5.69 Å². The molecule has 0 fully saturated rings. The Hall–Kier alpha value is -1.75. The molecule has 4 N–H and O–H groups in total. The van der Waals surface area contributed by atoms with Gasteiger partial charge in [0.15, 0.2) is 4.90 Å². The number of hydrogen-bond acceptors (Lipinski definition) is 7. The molecule has 0 saturated carbocycles. The largest absolute Gasteiger partial charge is 0.385 e. The summed E-state index contributed by atoms with van der Waals surface area (Å²) in [7, 11) is -2.54. The van der Waals surface area contributed by atoms with E-state index in [1.54, 1.807) is 6.92 Å². The molecule has 1 unspecified atom stereocenters. The van der Waals surface area contributed by atoms with E-state index < -0.39 is 31.6 Å². The number of hydrogen-bond donors (Lipinski definition) is 3. The van der Waals surface area contributed by atoms with Crippen molar-refractivity contribution in [3.05, 3.63) is 28.3 Å². The lowest BCUT2D eigenvalue weighted by atomic mass is 10.3. The minimum Gasteiger partial charge on any atom is -0.385 e. The number of nitrogens with one attached hydrogen (secondary N) is 2. The second-order valence-electron chi connectivity index (χ2n) is 4.36. The monoisotopic (exact) mass is 318 g/mol. The number of anilines is 1. The van der Waals surface area contributed by atoms with Crippen molar-refractivity contribution in [2.75, 3.05) is 19.1 Å². The van der Waals surface area contributed by atoms with Crippen molar-refractivity contribution in [3.8, 4) is 0 Å². The summed E-state index contributed by atoms with van der Waals surface area (Å²) in [5.41, 5.74) is 1.46. The zero-order valence-corrected chi connectivity index (χ0v) is 12.5. The minimum absolute atomic E-state index is 0.0765. The first-order valence-corrected chi connectivity index (χ1v) is 7.57. The molecule has 0 aliphatic carbocycles. The standard InChI is InChI=1S/C11H18N4O5S/c1-8(6-7-20-2)14-21(18,19)10-5-3-4-9(13-12)11(10)15(16)17/h3-5,8,13-14H,6-7,12H2,1-2H3. The van der Waals surface area contributed by atoms with E-state index in [0.717, 1.165) is 6.07 Å². The van der Waals surface area contributed by atoms with E-state index >= 15 is 0 Å².